The summed E-state index contributed by atoms with van der Waals surface area (Å²) in [6.07, 6.45) is 0. The van der Waals surface area contributed by atoms with Crippen molar-refractivity contribution in [2.45, 2.75) is 0 Å². The number of rotatable bonds is 2. The van der Waals surface area contributed by atoms with Crippen molar-refractivity contribution < 1.29 is 43.4 Å². The SMILES string of the molecule is O.O.O=S(=O)(O)OS(=O)(=O)O.[Ca+2].[H-].[H-]. The van der Waals surface area contributed by atoms with Crippen molar-refractivity contribution in [2.75, 3.05) is 0 Å². The monoisotopic (exact) mass is 256 g/mol. The van der Waals surface area contributed by atoms with Crippen LogP contribution in [0.15, 0.2) is 0 Å². The molecule has 0 fully saturated rings. The first kappa shape index (κ1) is 23.1. The Morgan fingerprint density at radius 3 is 1.08 bits per heavy atom. The maximum absolute atomic E-state index is 9.44. The molecular weight excluding hydrogens is 248 g/mol. The predicted molar refractivity (Wildman–Crippen MR) is 39.4 cm³/mol. The Hall–Kier alpha value is 0.960. The fraction of sp³-hybridized carbons (Fsp3) is 0. The van der Waals surface area contributed by atoms with E-state index in [-0.39, 0.29) is 51.5 Å². The summed E-state index contributed by atoms with van der Waals surface area (Å²) in [7, 11) is -10.2. The van der Waals surface area contributed by atoms with Crippen LogP contribution in [0, 0.1) is 0 Å². The molecule has 12 heavy (non-hydrogen) atoms. The summed E-state index contributed by atoms with van der Waals surface area (Å²) in [5.41, 5.74) is 0. The van der Waals surface area contributed by atoms with E-state index in [1.165, 1.54) is 0 Å². The minimum Gasteiger partial charge on any atom is -1.00 e. The topological polar surface area (TPSA) is 181 Å². The first-order valence-corrected chi connectivity index (χ1v) is 4.10. The van der Waals surface area contributed by atoms with Crippen molar-refractivity contribution >= 4 is 58.5 Å². The Bertz CT molecular complexity index is 246. The molecule has 0 spiro atoms. The summed E-state index contributed by atoms with van der Waals surface area (Å²) >= 11 is 0. The minimum absolute atomic E-state index is 0. The predicted octanol–water partition coefficient (Wildman–Crippen LogP) is -3.20. The van der Waals surface area contributed by atoms with Crippen molar-refractivity contribution in [1.82, 2.24) is 0 Å². The summed E-state index contributed by atoms with van der Waals surface area (Å²) in [6, 6.07) is 0. The fourth-order valence-electron chi connectivity index (χ4n) is 0.109. The zero-order chi connectivity index (χ0) is 7.71. The van der Waals surface area contributed by atoms with Gasteiger partial charge >= 0.3 is 58.5 Å². The molecule has 0 bridgehead atoms. The van der Waals surface area contributed by atoms with Crippen LogP contribution in [-0.2, 0) is 24.4 Å². The van der Waals surface area contributed by atoms with E-state index >= 15 is 0 Å². The molecule has 0 saturated heterocycles. The Kier molecular flexibility index (Phi) is 14.2. The smallest absolute Gasteiger partial charge is 1.00 e. The van der Waals surface area contributed by atoms with Gasteiger partial charge in [-0.3, -0.25) is 9.11 Å². The summed E-state index contributed by atoms with van der Waals surface area (Å²) in [5, 5.41) is 0. The van der Waals surface area contributed by atoms with Crippen LogP contribution in [0.2, 0.25) is 0 Å². The van der Waals surface area contributed by atoms with Gasteiger partial charge in [-0.15, -0.1) is 3.63 Å². The van der Waals surface area contributed by atoms with Crippen molar-refractivity contribution in [3.8, 4) is 0 Å². The van der Waals surface area contributed by atoms with Gasteiger partial charge in [-0.25, -0.2) is 0 Å². The van der Waals surface area contributed by atoms with E-state index < -0.39 is 20.8 Å². The second-order valence-electron chi connectivity index (χ2n) is 0.924. The normalized spacial score (nSPS) is 10.2. The first-order chi connectivity index (χ1) is 3.71. The van der Waals surface area contributed by atoms with Gasteiger partial charge in [-0.2, -0.15) is 16.8 Å². The molecule has 76 valence electrons. The van der Waals surface area contributed by atoms with Gasteiger partial charge in [-0.1, -0.05) is 0 Å². The van der Waals surface area contributed by atoms with E-state index in [2.05, 4.69) is 3.63 Å². The average molecular weight is 256 g/mol. The third-order valence-electron chi connectivity index (χ3n) is 0.172. The van der Waals surface area contributed by atoms with E-state index in [0.717, 1.165) is 0 Å². The molecule has 0 atom stereocenters. The number of hydrogen-bond acceptors (Lipinski definition) is 5. The van der Waals surface area contributed by atoms with Gasteiger partial charge < -0.3 is 13.8 Å². The van der Waals surface area contributed by atoms with E-state index in [1.54, 1.807) is 0 Å². The molecule has 0 aliphatic heterocycles. The van der Waals surface area contributed by atoms with Gasteiger partial charge in [0.15, 0.2) is 0 Å². The molecule has 0 unspecified atom stereocenters. The summed E-state index contributed by atoms with van der Waals surface area (Å²) in [4.78, 5) is 0. The van der Waals surface area contributed by atoms with Gasteiger partial charge in [0.1, 0.15) is 0 Å². The van der Waals surface area contributed by atoms with Crippen LogP contribution in [0.1, 0.15) is 2.85 Å². The van der Waals surface area contributed by atoms with Gasteiger partial charge in [-0.05, 0) is 0 Å². The Morgan fingerprint density at radius 1 is 0.917 bits per heavy atom. The Labute approximate surface area is 101 Å². The van der Waals surface area contributed by atoms with Gasteiger partial charge in [0.25, 0.3) is 0 Å². The van der Waals surface area contributed by atoms with E-state index in [9.17, 15) is 16.8 Å². The van der Waals surface area contributed by atoms with Crippen LogP contribution in [0.3, 0.4) is 0 Å². The molecule has 0 saturated carbocycles. The van der Waals surface area contributed by atoms with Crippen molar-refractivity contribution in [1.29, 1.82) is 0 Å². The van der Waals surface area contributed by atoms with Crippen LogP contribution in [0.5, 0.6) is 0 Å². The van der Waals surface area contributed by atoms with Crippen molar-refractivity contribution in [3.63, 3.8) is 0 Å². The molecule has 0 amide bonds. The molecule has 0 rings (SSSR count). The third-order valence-corrected chi connectivity index (χ3v) is 1.55. The molecule has 12 heteroatoms. The summed E-state index contributed by atoms with van der Waals surface area (Å²) < 4.78 is 55.6. The third kappa shape index (κ3) is 22.4. The van der Waals surface area contributed by atoms with Crippen LogP contribution >= 0.6 is 0 Å². The van der Waals surface area contributed by atoms with E-state index in [1.807, 2.05) is 0 Å². The van der Waals surface area contributed by atoms with Gasteiger partial charge in [0, 0.05) is 0 Å². The van der Waals surface area contributed by atoms with E-state index in [0.29, 0.717) is 0 Å². The van der Waals surface area contributed by atoms with Gasteiger partial charge in [0.2, 0.25) is 0 Å². The average Bonchev–Trinajstić information content (AvgIpc) is 1.14. The van der Waals surface area contributed by atoms with Crippen LogP contribution < -0.4 is 0 Å². The molecule has 0 aromatic rings. The second kappa shape index (κ2) is 7.37. The molecular formula is H8CaO9S2. The standard InChI is InChI=1S/Ca.H2O7S2.2H2O.2H/c;1-8(2,3)7-9(4,5)6;;;;/h;(H,1,2,3)(H,4,5,6);2*1H2;;/q+2;;;;2*-1. The maximum Gasteiger partial charge on any atom is 2.00 e. The molecule has 9 nitrogen and oxygen atoms in total. The van der Waals surface area contributed by atoms with Crippen molar-refractivity contribution in [2.24, 2.45) is 0 Å². The Balaban J connectivity index is -0.0000000320. The minimum atomic E-state index is -5.12. The van der Waals surface area contributed by atoms with Gasteiger partial charge in [0.05, 0.1) is 0 Å². The second-order valence-corrected chi connectivity index (χ2v) is 3.18. The Morgan fingerprint density at radius 2 is 1.08 bits per heavy atom. The summed E-state index contributed by atoms with van der Waals surface area (Å²) in [5.74, 6) is 0. The molecule has 0 aromatic heterocycles. The van der Waals surface area contributed by atoms with Crippen LogP contribution in [0.25, 0.3) is 0 Å². The largest absolute Gasteiger partial charge is 2.00 e. The molecule has 0 radical (unpaired) electrons. The fourth-order valence-corrected chi connectivity index (χ4v) is 0.978. The van der Waals surface area contributed by atoms with Crippen LogP contribution in [0.4, 0.5) is 0 Å². The molecule has 0 aliphatic rings. The molecule has 0 heterocycles. The summed E-state index contributed by atoms with van der Waals surface area (Å²) in [6.45, 7) is 0. The quantitative estimate of drug-likeness (QED) is 0.385. The zero-order valence-corrected chi connectivity index (χ0v) is 9.30. The molecule has 0 aromatic carbocycles. The zero-order valence-electron chi connectivity index (χ0n) is 7.46. The van der Waals surface area contributed by atoms with E-state index in [4.69, 9.17) is 9.11 Å². The molecule has 0 aliphatic carbocycles. The maximum atomic E-state index is 9.44. The number of hydrogen-bond donors (Lipinski definition) is 2. The van der Waals surface area contributed by atoms with Crippen LogP contribution in [-0.4, -0.2) is 74.6 Å². The van der Waals surface area contributed by atoms with Crippen molar-refractivity contribution in [3.05, 3.63) is 0 Å². The first-order valence-electron chi connectivity index (χ1n) is 1.37. The molecule has 6 N–H and O–H groups in total.